The van der Waals surface area contributed by atoms with Gasteiger partial charge in [0, 0.05) is 30.2 Å². The van der Waals surface area contributed by atoms with Gasteiger partial charge in [0.05, 0.1) is 37.1 Å². The van der Waals surface area contributed by atoms with Crippen molar-refractivity contribution in [3.63, 3.8) is 0 Å². The number of nitrogens with zero attached hydrogens (tertiary/aromatic N) is 4. The Morgan fingerprint density at radius 1 is 0.708 bits per heavy atom. The van der Waals surface area contributed by atoms with Crippen molar-refractivity contribution >= 4 is 58.6 Å². The van der Waals surface area contributed by atoms with Crippen LogP contribution in [0.5, 0.6) is 0 Å². The molecular formula is C49H58N8O6S2. The highest BCUT2D eigenvalue weighted by Gasteiger charge is 2.43. The Morgan fingerprint density at radius 2 is 1.25 bits per heavy atom. The molecule has 3 fully saturated rings. The summed E-state index contributed by atoms with van der Waals surface area (Å²) in [6.45, 7) is 8.79. The molecule has 0 unspecified atom stereocenters. The third kappa shape index (κ3) is 8.71. The zero-order chi connectivity index (χ0) is 45.6. The van der Waals surface area contributed by atoms with E-state index in [0.29, 0.717) is 18.9 Å². The average molecular weight is 919 g/mol. The van der Waals surface area contributed by atoms with Crippen molar-refractivity contribution < 1.29 is 28.7 Å². The lowest BCUT2D eigenvalue weighted by Crippen LogP contribution is -2.51. The van der Waals surface area contributed by atoms with E-state index in [9.17, 15) is 19.2 Å². The average Bonchev–Trinajstić information content (AvgIpc) is 4.17. The molecular weight excluding hydrogens is 861 g/mol. The third-order valence-corrected chi connectivity index (χ3v) is 16.1. The summed E-state index contributed by atoms with van der Waals surface area (Å²) in [4.78, 5) is 72.3. The summed E-state index contributed by atoms with van der Waals surface area (Å²) in [5.41, 5.74) is 11.5. The first-order valence-electron chi connectivity index (χ1n) is 22.7. The summed E-state index contributed by atoms with van der Waals surface area (Å²) in [7, 11) is 2.60. The minimum absolute atomic E-state index is 0.113. The summed E-state index contributed by atoms with van der Waals surface area (Å²) in [6.07, 6.45) is 7.76. The first-order chi connectivity index (χ1) is 31.4. The smallest absolute Gasteiger partial charge is 0.407 e. The van der Waals surface area contributed by atoms with Gasteiger partial charge in [-0.15, -0.1) is 23.5 Å². The molecule has 16 heteroatoms. The number of nitrogens with one attached hydrogen (secondary N) is 4. The molecule has 342 valence electrons. The Balaban J connectivity index is 0.957. The second kappa shape index (κ2) is 18.4. The Kier molecular flexibility index (Phi) is 12.7. The normalized spacial score (nSPS) is 19.9. The molecule has 4 atom stereocenters. The van der Waals surface area contributed by atoms with Crippen LogP contribution in [-0.4, -0.2) is 105 Å². The Bertz CT molecular complexity index is 2600. The van der Waals surface area contributed by atoms with Gasteiger partial charge in [0.15, 0.2) is 0 Å². The number of carbonyl (C=O) groups excluding carboxylic acids is 4. The molecule has 4 aliphatic rings. The fourth-order valence-electron chi connectivity index (χ4n) is 10.3. The first-order valence-corrected chi connectivity index (χ1v) is 24.8. The lowest BCUT2D eigenvalue weighted by atomic mass is 9.82. The van der Waals surface area contributed by atoms with E-state index in [1.54, 1.807) is 28.4 Å². The number of imidazole rings is 2. The number of rotatable bonds is 11. The number of H-pyrrole nitrogens is 2. The molecule has 1 spiro atoms. The molecule has 65 heavy (non-hydrogen) atoms. The number of aromatic nitrogens is 4. The zero-order valence-electron chi connectivity index (χ0n) is 37.9. The van der Waals surface area contributed by atoms with Gasteiger partial charge < -0.3 is 39.9 Å². The summed E-state index contributed by atoms with van der Waals surface area (Å²) < 4.78 is 9.63. The minimum Gasteiger partial charge on any atom is -0.453 e. The van der Waals surface area contributed by atoms with E-state index < -0.39 is 24.3 Å². The topological polar surface area (TPSA) is 175 Å². The maximum absolute atomic E-state index is 13.8. The summed E-state index contributed by atoms with van der Waals surface area (Å²) in [5, 5.41) is 4.88. The SMILES string of the molecule is COC(=O)N[C@H](C(=O)N1CCS[C@H]1c1ncc(-c2ccc(-c3ccc(-c4ccc5nc([C@@H]6SCCN6C(=O)[C@@H](NC(=O)OC)C(C)C)[nH]c5c4)cc3)c3c2CC2(CCCC2)C3)[nH]1)C(C)C. The van der Waals surface area contributed by atoms with Crippen LogP contribution < -0.4 is 10.6 Å². The molecule has 9 rings (SSSR count). The lowest BCUT2D eigenvalue weighted by Gasteiger charge is -2.29. The van der Waals surface area contributed by atoms with Crippen molar-refractivity contribution in [3.8, 4) is 33.5 Å². The van der Waals surface area contributed by atoms with Crippen molar-refractivity contribution in [2.24, 2.45) is 17.3 Å². The van der Waals surface area contributed by atoms with E-state index in [4.69, 9.17) is 19.4 Å². The number of thioether (sulfide) groups is 2. The molecule has 2 aliphatic carbocycles. The van der Waals surface area contributed by atoms with Crippen LogP contribution in [0.4, 0.5) is 9.59 Å². The summed E-state index contributed by atoms with van der Waals surface area (Å²) >= 11 is 3.34. The maximum Gasteiger partial charge on any atom is 0.407 e. The molecule has 2 aliphatic heterocycles. The molecule has 2 aromatic heterocycles. The van der Waals surface area contributed by atoms with Crippen LogP contribution >= 0.6 is 23.5 Å². The van der Waals surface area contributed by atoms with Crippen LogP contribution in [-0.2, 0) is 31.9 Å². The second-order valence-electron chi connectivity index (χ2n) is 18.5. The Hall–Kier alpha value is -5.48. The van der Waals surface area contributed by atoms with Crippen molar-refractivity contribution in [3.05, 3.63) is 83.6 Å². The zero-order valence-corrected chi connectivity index (χ0v) is 39.5. The van der Waals surface area contributed by atoms with Gasteiger partial charge in [-0.05, 0) is 88.4 Å². The number of aromatic amines is 2. The van der Waals surface area contributed by atoms with Crippen LogP contribution in [0.1, 0.15) is 86.9 Å². The lowest BCUT2D eigenvalue weighted by molar-refractivity contribution is -0.135. The number of hydrogen-bond donors (Lipinski definition) is 4. The van der Waals surface area contributed by atoms with E-state index in [1.165, 1.54) is 67.7 Å². The van der Waals surface area contributed by atoms with Crippen LogP contribution in [0.3, 0.4) is 0 Å². The van der Waals surface area contributed by atoms with Gasteiger partial charge in [0.2, 0.25) is 11.8 Å². The third-order valence-electron chi connectivity index (χ3n) is 13.7. The number of amides is 4. The van der Waals surface area contributed by atoms with E-state index in [1.807, 2.05) is 44.9 Å². The van der Waals surface area contributed by atoms with Gasteiger partial charge >= 0.3 is 12.2 Å². The minimum atomic E-state index is -0.703. The molecule has 0 radical (unpaired) electrons. The number of hydrogen-bond acceptors (Lipinski definition) is 10. The molecule has 4 amide bonds. The van der Waals surface area contributed by atoms with Gasteiger partial charge in [-0.25, -0.2) is 19.6 Å². The van der Waals surface area contributed by atoms with Crippen molar-refractivity contribution in [1.82, 2.24) is 40.4 Å². The van der Waals surface area contributed by atoms with Gasteiger partial charge in [-0.3, -0.25) is 9.59 Å². The predicted octanol–water partition coefficient (Wildman–Crippen LogP) is 8.86. The highest BCUT2D eigenvalue weighted by molar-refractivity contribution is 8.00. The van der Waals surface area contributed by atoms with Crippen LogP contribution in [0.15, 0.2) is 60.8 Å². The van der Waals surface area contributed by atoms with Crippen molar-refractivity contribution in [1.29, 1.82) is 0 Å². The van der Waals surface area contributed by atoms with Crippen LogP contribution in [0.2, 0.25) is 0 Å². The summed E-state index contributed by atoms with van der Waals surface area (Å²) in [6, 6.07) is 18.2. The molecule has 4 heterocycles. The van der Waals surface area contributed by atoms with E-state index >= 15 is 0 Å². The van der Waals surface area contributed by atoms with Gasteiger partial charge in [0.1, 0.15) is 34.5 Å². The van der Waals surface area contributed by atoms with E-state index in [0.717, 1.165) is 58.0 Å². The molecule has 2 saturated heterocycles. The Morgan fingerprint density at radius 3 is 1.83 bits per heavy atom. The standard InChI is InChI=1S/C49H58N8O6S2/c1-27(2)39(54-47(60)62-5)43(58)56-19-21-64-45(56)41-50-26-38(53-41)33-15-14-32(34-24-49(25-35(33)34)17-7-8-18-49)30-11-9-29(10-12-30)31-13-16-36-37(23-31)52-42(51-36)46-57(20-22-65-46)44(59)40(28(3)4)55-48(61)63-6/h9-16,23,26-28,39-40,45-46H,7-8,17-22,24-25H2,1-6H3,(H,50,53)(H,51,52)(H,54,60)(H,55,61)/t39-,40-,45-,46-/m0/s1. The monoisotopic (exact) mass is 918 g/mol. The van der Waals surface area contributed by atoms with Gasteiger partial charge in [0.25, 0.3) is 0 Å². The Labute approximate surface area is 388 Å². The van der Waals surface area contributed by atoms with E-state index in [-0.39, 0.29) is 39.8 Å². The predicted molar refractivity (Wildman–Crippen MR) is 255 cm³/mol. The molecule has 0 bridgehead atoms. The number of benzene rings is 3. The second-order valence-corrected chi connectivity index (χ2v) is 20.9. The molecule has 3 aromatic carbocycles. The molecule has 14 nitrogen and oxygen atoms in total. The highest BCUT2D eigenvalue weighted by atomic mass is 32.2. The van der Waals surface area contributed by atoms with E-state index in [2.05, 4.69) is 69.1 Å². The van der Waals surface area contributed by atoms with Crippen molar-refractivity contribution in [2.45, 2.75) is 89.1 Å². The molecule has 1 saturated carbocycles. The molecule has 5 aromatic rings. The first kappa shape index (κ1) is 44.7. The highest BCUT2D eigenvalue weighted by Crippen LogP contribution is 2.53. The summed E-state index contributed by atoms with van der Waals surface area (Å²) in [5.74, 6) is 2.49. The fourth-order valence-corrected chi connectivity index (χ4v) is 12.7. The largest absolute Gasteiger partial charge is 0.453 e. The van der Waals surface area contributed by atoms with Crippen LogP contribution in [0.25, 0.3) is 44.5 Å². The van der Waals surface area contributed by atoms with Crippen molar-refractivity contribution in [2.75, 3.05) is 38.8 Å². The number of methoxy groups -OCH3 is 2. The number of ether oxygens (including phenoxy) is 2. The van der Waals surface area contributed by atoms with Crippen LogP contribution in [0, 0.1) is 17.3 Å². The number of alkyl carbamates (subject to hydrolysis) is 2. The maximum atomic E-state index is 13.8. The van der Waals surface area contributed by atoms with Gasteiger partial charge in [-0.2, -0.15) is 0 Å². The number of fused-ring (bicyclic) bond motifs is 2. The van der Waals surface area contributed by atoms with Gasteiger partial charge in [-0.1, -0.05) is 83.0 Å². The number of carbonyl (C=O) groups is 4. The molecule has 4 N–H and O–H groups in total. The quantitative estimate of drug-likeness (QED) is 0.100. The fraction of sp³-hybridized carbons (Fsp3) is 0.469.